The van der Waals surface area contributed by atoms with Crippen LogP contribution in [0.5, 0.6) is 0 Å². The normalized spacial score (nSPS) is 11.4. The molecular weight excluding hydrogens is 292 g/mol. The van der Waals surface area contributed by atoms with Gasteiger partial charge in [0, 0.05) is 35.5 Å². The average Bonchev–Trinajstić information content (AvgIpc) is 2.83. The number of fused-ring (bicyclic) bond motifs is 3. The maximum absolute atomic E-state index is 5.65. The Bertz CT molecular complexity index is 794. The molecule has 0 saturated carbocycles. The van der Waals surface area contributed by atoms with Gasteiger partial charge in [-0.3, -0.25) is 4.98 Å². The fourth-order valence-corrected chi connectivity index (χ4v) is 3.41. The van der Waals surface area contributed by atoms with Crippen molar-refractivity contribution in [3.8, 4) is 0 Å². The molecule has 0 radical (unpaired) electrons. The zero-order valence-electron chi connectivity index (χ0n) is 13.1. The second kappa shape index (κ2) is 6.58. The van der Waals surface area contributed by atoms with Gasteiger partial charge in [0.2, 0.25) is 0 Å². The number of hydrogen-bond acceptors (Lipinski definition) is 4. The van der Waals surface area contributed by atoms with Gasteiger partial charge in [-0.15, -0.1) is 0 Å². The van der Waals surface area contributed by atoms with E-state index in [0.717, 1.165) is 37.3 Å². The van der Waals surface area contributed by atoms with Crippen molar-refractivity contribution in [1.29, 1.82) is 0 Å². The maximum atomic E-state index is 5.65. The Morgan fingerprint density at radius 2 is 2.09 bits per heavy atom. The number of hydrogen-bond donors (Lipinski definition) is 2. The SMILES string of the molecule is CSNc1ccc2c3ccnc(C)c3n(CCCCN)c2c1. The molecule has 2 aromatic heterocycles. The first kappa shape index (κ1) is 15.2. The Morgan fingerprint density at radius 1 is 1.23 bits per heavy atom. The minimum absolute atomic E-state index is 0.744. The summed E-state index contributed by atoms with van der Waals surface area (Å²) in [7, 11) is 0. The van der Waals surface area contributed by atoms with Crippen LogP contribution >= 0.6 is 11.9 Å². The van der Waals surface area contributed by atoms with E-state index in [0.29, 0.717) is 0 Å². The summed E-state index contributed by atoms with van der Waals surface area (Å²) in [6.07, 6.45) is 6.07. The van der Waals surface area contributed by atoms with Crippen LogP contribution in [0.2, 0.25) is 0 Å². The van der Waals surface area contributed by atoms with E-state index in [4.69, 9.17) is 5.73 Å². The first-order chi connectivity index (χ1) is 10.8. The summed E-state index contributed by atoms with van der Waals surface area (Å²) in [5.74, 6) is 0. The molecule has 3 aromatic rings. The highest BCUT2D eigenvalue weighted by atomic mass is 32.2. The van der Waals surface area contributed by atoms with Crippen LogP contribution in [0.1, 0.15) is 18.5 Å². The third-order valence-corrected chi connectivity index (χ3v) is 4.45. The van der Waals surface area contributed by atoms with Gasteiger partial charge >= 0.3 is 0 Å². The Hall–Kier alpha value is -1.72. The summed E-state index contributed by atoms with van der Waals surface area (Å²) in [6, 6.07) is 8.69. The minimum Gasteiger partial charge on any atom is -0.339 e. The first-order valence-corrected chi connectivity index (χ1v) is 8.85. The number of unbranched alkanes of at least 4 members (excludes halogenated alkanes) is 1. The van der Waals surface area contributed by atoms with Crippen molar-refractivity contribution in [2.75, 3.05) is 17.5 Å². The van der Waals surface area contributed by atoms with Crippen LogP contribution in [0, 0.1) is 6.92 Å². The number of pyridine rings is 1. The summed E-state index contributed by atoms with van der Waals surface area (Å²) < 4.78 is 5.72. The summed E-state index contributed by atoms with van der Waals surface area (Å²) in [5.41, 5.74) is 10.4. The standard InChI is InChI=1S/C17H22N4S/c1-12-17-15(7-9-19-12)14-6-5-13(20-22-2)11-16(14)21(17)10-4-3-8-18/h5-7,9,11,20H,3-4,8,10,18H2,1-2H3. The molecule has 0 saturated heterocycles. The van der Waals surface area contributed by atoms with Gasteiger partial charge in [0.25, 0.3) is 0 Å². The highest BCUT2D eigenvalue weighted by molar-refractivity contribution is 7.99. The lowest BCUT2D eigenvalue weighted by Gasteiger charge is -2.09. The van der Waals surface area contributed by atoms with Crippen LogP contribution in [0.3, 0.4) is 0 Å². The van der Waals surface area contributed by atoms with E-state index in [9.17, 15) is 0 Å². The Labute approximate surface area is 135 Å². The van der Waals surface area contributed by atoms with Crippen LogP contribution in [-0.2, 0) is 6.54 Å². The van der Waals surface area contributed by atoms with E-state index in [1.165, 1.54) is 21.8 Å². The van der Waals surface area contributed by atoms with Gasteiger partial charge in [0.1, 0.15) is 0 Å². The summed E-state index contributed by atoms with van der Waals surface area (Å²) in [5, 5.41) is 2.57. The number of rotatable bonds is 6. The molecule has 0 aliphatic heterocycles. The molecule has 0 atom stereocenters. The fourth-order valence-electron chi connectivity index (χ4n) is 3.05. The number of benzene rings is 1. The predicted octanol–water partition coefficient (Wildman–Crippen LogP) is 3.93. The number of nitrogens with zero attached hydrogens (tertiary/aromatic N) is 2. The van der Waals surface area contributed by atoms with E-state index >= 15 is 0 Å². The highest BCUT2D eigenvalue weighted by Crippen LogP contribution is 2.32. The van der Waals surface area contributed by atoms with Crippen molar-refractivity contribution >= 4 is 39.4 Å². The molecule has 0 spiro atoms. The molecule has 0 amide bonds. The number of nitrogens with two attached hydrogens (primary N) is 1. The molecule has 4 nitrogen and oxygen atoms in total. The third kappa shape index (κ3) is 2.66. The van der Waals surface area contributed by atoms with E-state index in [1.54, 1.807) is 11.9 Å². The van der Waals surface area contributed by atoms with Crippen LogP contribution in [0.25, 0.3) is 21.8 Å². The Morgan fingerprint density at radius 3 is 2.86 bits per heavy atom. The van der Waals surface area contributed by atoms with Crippen molar-refractivity contribution in [3.05, 3.63) is 36.2 Å². The number of anilines is 1. The summed E-state index contributed by atoms with van der Waals surface area (Å²) in [4.78, 5) is 4.48. The minimum atomic E-state index is 0.744. The monoisotopic (exact) mass is 314 g/mol. The quantitative estimate of drug-likeness (QED) is 0.535. The van der Waals surface area contributed by atoms with Crippen molar-refractivity contribution < 1.29 is 0 Å². The van der Waals surface area contributed by atoms with Crippen LogP contribution in [0.15, 0.2) is 30.5 Å². The lowest BCUT2D eigenvalue weighted by atomic mass is 10.1. The van der Waals surface area contributed by atoms with Crippen molar-refractivity contribution in [1.82, 2.24) is 9.55 Å². The zero-order valence-corrected chi connectivity index (χ0v) is 13.9. The molecule has 22 heavy (non-hydrogen) atoms. The maximum Gasteiger partial charge on any atom is 0.0707 e. The molecule has 116 valence electrons. The second-order valence-electron chi connectivity index (χ2n) is 5.48. The predicted molar refractivity (Wildman–Crippen MR) is 97.4 cm³/mol. The third-order valence-electron chi connectivity index (χ3n) is 4.01. The zero-order chi connectivity index (χ0) is 15.5. The molecule has 0 aliphatic carbocycles. The molecule has 0 unspecified atom stereocenters. The number of aryl methyl sites for hydroxylation is 2. The molecule has 3 N–H and O–H groups in total. The van der Waals surface area contributed by atoms with Gasteiger partial charge in [-0.25, -0.2) is 0 Å². The van der Waals surface area contributed by atoms with Gasteiger partial charge in [-0.05, 0) is 44.5 Å². The molecular formula is C17H22N4S. The lowest BCUT2D eigenvalue weighted by Crippen LogP contribution is -2.04. The summed E-state index contributed by atoms with van der Waals surface area (Å²) >= 11 is 1.61. The van der Waals surface area contributed by atoms with E-state index < -0.39 is 0 Å². The topological polar surface area (TPSA) is 55.9 Å². The largest absolute Gasteiger partial charge is 0.339 e. The smallest absolute Gasteiger partial charge is 0.0707 e. The average molecular weight is 314 g/mol. The van der Waals surface area contributed by atoms with Crippen LogP contribution in [-0.4, -0.2) is 22.4 Å². The second-order valence-corrected chi connectivity index (χ2v) is 6.09. The molecule has 0 fully saturated rings. The van der Waals surface area contributed by atoms with E-state index in [1.807, 2.05) is 12.5 Å². The molecule has 5 heteroatoms. The van der Waals surface area contributed by atoms with Gasteiger partial charge < -0.3 is 15.0 Å². The molecule has 1 aromatic carbocycles. The van der Waals surface area contributed by atoms with Crippen LogP contribution in [0.4, 0.5) is 5.69 Å². The molecule has 0 bridgehead atoms. The van der Waals surface area contributed by atoms with Gasteiger partial charge in [-0.1, -0.05) is 18.0 Å². The van der Waals surface area contributed by atoms with Crippen LogP contribution < -0.4 is 10.5 Å². The van der Waals surface area contributed by atoms with Crippen molar-refractivity contribution in [2.24, 2.45) is 5.73 Å². The lowest BCUT2D eigenvalue weighted by molar-refractivity contribution is 0.642. The summed E-state index contributed by atoms with van der Waals surface area (Å²) in [6.45, 7) is 3.81. The molecule has 2 heterocycles. The Balaban J connectivity index is 2.21. The van der Waals surface area contributed by atoms with Crippen molar-refractivity contribution in [3.63, 3.8) is 0 Å². The van der Waals surface area contributed by atoms with Gasteiger partial charge in [0.05, 0.1) is 16.7 Å². The van der Waals surface area contributed by atoms with Gasteiger partial charge in [-0.2, -0.15) is 0 Å². The number of nitrogens with one attached hydrogen (secondary N) is 1. The van der Waals surface area contributed by atoms with Gasteiger partial charge in [0.15, 0.2) is 0 Å². The number of aromatic nitrogens is 2. The molecule has 0 aliphatic rings. The Kier molecular flexibility index (Phi) is 4.55. The highest BCUT2D eigenvalue weighted by Gasteiger charge is 2.13. The molecule has 3 rings (SSSR count). The fraction of sp³-hybridized carbons (Fsp3) is 0.353. The van der Waals surface area contributed by atoms with E-state index in [2.05, 4.69) is 45.5 Å². The van der Waals surface area contributed by atoms with E-state index in [-0.39, 0.29) is 0 Å². The van der Waals surface area contributed by atoms with Crippen molar-refractivity contribution in [2.45, 2.75) is 26.3 Å². The first-order valence-electron chi connectivity index (χ1n) is 7.63.